The summed E-state index contributed by atoms with van der Waals surface area (Å²) in [4.78, 5) is 13.4. The first kappa shape index (κ1) is 92.8. The highest BCUT2D eigenvalue weighted by atomic mass is 16.7. The lowest BCUT2D eigenvalue weighted by Gasteiger charge is -2.46. The fourth-order valence-corrected chi connectivity index (χ4v) is 13.8. The number of amides is 1. The minimum Gasteiger partial charge on any atom is -0.394 e. The number of aliphatic hydroxyl groups excluding tert-OH is 8. The molecule has 0 aromatic rings. The lowest BCUT2D eigenvalue weighted by molar-refractivity contribution is -0.359. The standard InChI is InChI=1S/C85H157NO13/c1-3-5-7-9-11-13-15-17-19-21-23-25-27-29-30-31-32-33-34-35-36-37-38-39-40-41-42-43-44-45-47-49-51-53-55-57-59-61-63-65-67-69-77(90)86-73(72-96-84-82(95)80(93)83(76(71-88)98-84)99-85-81(94)79(92)78(91)75(70-87)97-85)74(89)68-66-64-62-60-58-56-54-52-50-48-46-28-26-24-22-20-18-16-14-12-10-8-6-4-2/h15,17,21,23,27,29,58,60,66,68,73-76,78-85,87-89,91-95H,3-14,16,18-20,22,24-26,28,30-57,59,61-65,67,69-72H2,1-2H3,(H,86,90)/b17-15-,23-21-,29-27-,60-58+,68-66+. The van der Waals surface area contributed by atoms with Crippen molar-refractivity contribution in [1.82, 2.24) is 5.32 Å². The van der Waals surface area contributed by atoms with E-state index in [1.165, 1.54) is 302 Å². The number of ether oxygens (including phenoxy) is 4. The van der Waals surface area contributed by atoms with Crippen LogP contribution in [0.4, 0.5) is 0 Å². The second kappa shape index (κ2) is 68.8. The molecule has 0 aromatic heterocycles. The Morgan fingerprint density at radius 1 is 0.364 bits per heavy atom. The van der Waals surface area contributed by atoms with Crippen molar-refractivity contribution in [2.75, 3.05) is 19.8 Å². The molecule has 0 radical (unpaired) electrons. The molecule has 2 heterocycles. The molecule has 2 aliphatic heterocycles. The van der Waals surface area contributed by atoms with Gasteiger partial charge < -0.3 is 65.1 Å². The van der Waals surface area contributed by atoms with E-state index in [0.29, 0.717) is 12.8 Å². The van der Waals surface area contributed by atoms with Crippen LogP contribution in [0.5, 0.6) is 0 Å². The molecule has 99 heavy (non-hydrogen) atoms. The van der Waals surface area contributed by atoms with Gasteiger partial charge in [0.05, 0.1) is 32.0 Å². The Hall–Kier alpha value is -2.31. The van der Waals surface area contributed by atoms with E-state index < -0.39 is 86.8 Å². The number of carbonyl (C=O) groups is 1. The Kier molecular flexibility index (Phi) is 64.5. The van der Waals surface area contributed by atoms with Crippen molar-refractivity contribution in [1.29, 1.82) is 0 Å². The lowest BCUT2D eigenvalue weighted by Crippen LogP contribution is -2.65. The summed E-state index contributed by atoms with van der Waals surface area (Å²) in [5.41, 5.74) is 0. The molecule has 0 aliphatic carbocycles. The average Bonchev–Trinajstić information content (AvgIpc) is 0.799. The van der Waals surface area contributed by atoms with E-state index in [-0.39, 0.29) is 18.9 Å². The van der Waals surface area contributed by atoms with Gasteiger partial charge in [-0.1, -0.05) is 364 Å². The second-order valence-corrected chi connectivity index (χ2v) is 29.6. The molecule has 12 unspecified atom stereocenters. The average molecular weight is 1400 g/mol. The normalized spacial score (nSPS) is 22.2. The van der Waals surface area contributed by atoms with Crippen molar-refractivity contribution in [3.05, 3.63) is 60.8 Å². The number of allylic oxidation sites excluding steroid dienone is 9. The molecule has 0 saturated carbocycles. The van der Waals surface area contributed by atoms with Crippen LogP contribution in [0.15, 0.2) is 60.8 Å². The summed E-state index contributed by atoms with van der Waals surface area (Å²) < 4.78 is 22.9. The van der Waals surface area contributed by atoms with Crippen LogP contribution >= 0.6 is 0 Å². The van der Waals surface area contributed by atoms with Gasteiger partial charge in [-0.15, -0.1) is 0 Å². The van der Waals surface area contributed by atoms with Crippen LogP contribution in [0, 0.1) is 0 Å². The second-order valence-electron chi connectivity index (χ2n) is 29.6. The lowest BCUT2D eigenvalue weighted by atomic mass is 9.97. The predicted octanol–water partition coefficient (Wildman–Crippen LogP) is 19.5. The Labute approximate surface area is 606 Å². The molecule has 2 rings (SSSR count). The molecule has 0 aromatic carbocycles. The van der Waals surface area contributed by atoms with Crippen LogP contribution in [-0.2, 0) is 23.7 Å². The van der Waals surface area contributed by atoms with E-state index in [1.807, 2.05) is 6.08 Å². The smallest absolute Gasteiger partial charge is 0.220 e. The molecule has 2 aliphatic rings. The largest absolute Gasteiger partial charge is 0.394 e. The van der Waals surface area contributed by atoms with Crippen molar-refractivity contribution in [2.45, 2.75) is 453 Å². The number of aliphatic hydroxyl groups is 8. The highest BCUT2D eigenvalue weighted by molar-refractivity contribution is 5.76. The molecular weight excluding hydrogens is 1240 g/mol. The maximum atomic E-state index is 13.4. The van der Waals surface area contributed by atoms with Gasteiger partial charge in [-0.3, -0.25) is 4.79 Å². The SMILES string of the molecule is CCCCCCC/C=C\C/C=C\C/C=C\CCCCCCCCCCCCCCCCCCCCCCCCCCCCC(=O)NC(COC1OC(CO)C(OC2OC(CO)C(O)C(O)C2O)C(O)C1O)C(O)/C=C/CC/C=C/CCCCCCCCCCCCCCCCCCCC. The summed E-state index contributed by atoms with van der Waals surface area (Å²) in [6.45, 7) is 2.83. The summed E-state index contributed by atoms with van der Waals surface area (Å²) in [6, 6.07) is -0.933. The Balaban J connectivity index is 1.57. The third-order valence-electron chi connectivity index (χ3n) is 20.4. The van der Waals surface area contributed by atoms with Gasteiger partial charge in [0, 0.05) is 6.42 Å². The molecule has 2 saturated heterocycles. The van der Waals surface area contributed by atoms with Crippen LogP contribution in [-0.4, -0.2) is 140 Å². The van der Waals surface area contributed by atoms with Crippen molar-refractivity contribution >= 4 is 5.91 Å². The molecule has 9 N–H and O–H groups in total. The van der Waals surface area contributed by atoms with Gasteiger partial charge in [0.25, 0.3) is 0 Å². The van der Waals surface area contributed by atoms with Crippen LogP contribution in [0.2, 0.25) is 0 Å². The van der Waals surface area contributed by atoms with E-state index in [9.17, 15) is 45.6 Å². The van der Waals surface area contributed by atoms with E-state index in [2.05, 4.69) is 67.8 Å². The van der Waals surface area contributed by atoms with Gasteiger partial charge in [-0.25, -0.2) is 0 Å². The minimum absolute atomic E-state index is 0.242. The first-order chi connectivity index (χ1) is 48.6. The first-order valence-corrected chi connectivity index (χ1v) is 42.0. The van der Waals surface area contributed by atoms with Gasteiger partial charge in [0.1, 0.15) is 48.8 Å². The molecule has 2 fully saturated rings. The van der Waals surface area contributed by atoms with Gasteiger partial charge in [0.2, 0.25) is 5.91 Å². The van der Waals surface area contributed by atoms with Crippen LogP contribution in [0.1, 0.15) is 380 Å². The molecule has 0 spiro atoms. The van der Waals surface area contributed by atoms with Crippen LogP contribution in [0.25, 0.3) is 0 Å². The number of nitrogens with one attached hydrogen (secondary N) is 1. The highest BCUT2D eigenvalue weighted by Gasteiger charge is 2.51. The van der Waals surface area contributed by atoms with Gasteiger partial charge in [0.15, 0.2) is 12.6 Å². The fourth-order valence-electron chi connectivity index (χ4n) is 13.8. The molecule has 1 amide bonds. The molecule has 14 nitrogen and oxygen atoms in total. The molecule has 580 valence electrons. The summed E-state index contributed by atoms with van der Waals surface area (Å²) in [5, 5.41) is 87.7. The number of unbranched alkanes of at least 4 members (excludes halogenated alkanes) is 50. The Morgan fingerprint density at radius 2 is 0.677 bits per heavy atom. The summed E-state index contributed by atoms with van der Waals surface area (Å²) >= 11 is 0. The Morgan fingerprint density at radius 3 is 1.06 bits per heavy atom. The van der Waals surface area contributed by atoms with Crippen molar-refractivity contribution in [2.24, 2.45) is 0 Å². The Bertz CT molecular complexity index is 1900. The summed E-state index contributed by atoms with van der Waals surface area (Å²) in [6.07, 6.45) is 77.6. The van der Waals surface area contributed by atoms with Crippen molar-refractivity contribution in [3.63, 3.8) is 0 Å². The van der Waals surface area contributed by atoms with E-state index in [0.717, 1.165) is 44.9 Å². The molecule has 0 bridgehead atoms. The predicted molar refractivity (Wildman–Crippen MR) is 411 cm³/mol. The maximum absolute atomic E-state index is 13.4. The highest BCUT2D eigenvalue weighted by Crippen LogP contribution is 2.30. The fraction of sp³-hybridized carbons (Fsp3) is 0.871. The molecule has 12 atom stereocenters. The zero-order valence-electron chi connectivity index (χ0n) is 63.7. The van der Waals surface area contributed by atoms with Crippen molar-refractivity contribution in [3.8, 4) is 0 Å². The quantitative estimate of drug-likeness (QED) is 0.0204. The van der Waals surface area contributed by atoms with Gasteiger partial charge >= 0.3 is 0 Å². The van der Waals surface area contributed by atoms with E-state index in [1.54, 1.807) is 6.08 Å². The zero-order valence-corrected chi connectivity index (χ0v) is 63.7. The zero-order chi connectivity index (χ0) is 71.5. The third-order valence-corrected chi connectivity index (χ3v) is 20.4. The van der Waals surface area contributed by atoms with Gasteiger partial charge in [-0.2, -0.15) is 0 Å². The van der Waals surface area contributed by atoms with E-state index in [4.69, 9.17) is 18.9 Å². The molecular formula is C85H157NO13. The number of rotatable bonds is 71. The number of hydrogen-bond acceptors (Lipinski definition) is 13. The monoisotopic (exact) mass is 1400 g/mol. The number of hydrogen-bond donors (Lipinski definition) is 9. The van der Waals surface area contributed by atoms with Crippen LogP contribution in [0.3, 0.4) is 0 Å². The topological polar surface area (TPSA) is 228 Å². The van der Waals surface area contributed by atoms with Crippen molar-refractivity contribution < 1.29 is 64.6 Å². The van der Waals surface area contributed by atoms with Gasteiger partial charge in [-0.05, 0) is 70.6 Å². The number of carbonyl (C=O) groups excluding carboxylic acids is 1. The van der Waals surface area contributed by atoms with Crippen LogP contribution < -0.4 is 5.32 Å². The molecule has 14 heteroatoms. The summed E-state index contributed by atoms with van der Waals surface area (Å²) in [5.74, 6) is -0.242. The third kappa shape index (κ3) is 51.5. The first-order valence-electron chi connectivity index (χ1n) is 42.0. The summed E-state index contributed by atoms with van der Waals surface area (Å²) in [7, 11) is 0. The maximum Gasteiger partial charge on any atom is 0.220 e. The minimum atomic E-state index is -1.79. The van der Waals surface area contributed by atoms with E-state index >= 15 is 0 Å².